The summed E-state index contributed by atoms with van der Waals surface area (Å²) in [5, 5.41) is 7.80. The Morgan fingerprint density at radius 2 is 0.883 bits per heavy atom. The largest absolute Gasteiger partial charge is 0.438 e. The van der Waals surface area contributed by atoms with E-state index in [2.05, 4.69) is 136 Å². The van der Waals surface area contributed by atoms with Crippen LogP contribution in [0.5, 0.6) is 11.6 Å². The molecule has 14 rings (SSSR count). The Bertz CT molecular complexity index is 5370. The maximum atomic E-state index is 14.3. The minimum atomic E-state index is -2.73. The lowest BCUT2D eigenvalue weighted by Gasteiger charge is -2.16. The summed E-state index contributed by atoms with van der Waals surface area (Å²) in [5.74, 6) is 0.481. The quantitative estimate of drug-likeness (QED) is 0.0200. The molecule has 0 fully saturated rings. The third-order valence-electron chi connectivity index (χ3n) is 15.5. The van der Waals surface area contributed by atoms with Gasteiger partial charge in [0, 0.05) is 66.5 Å². The van der Waals surface area contributed by atoms with Crippen molar-refractivity contribution in [3.8, 4) is 46.2 Å². The van der Waals surface area contributed by atoms with Gasteiger partial charge in [0.2, 0.25) is 5.88 Å². The average Bonchev–Trinajstić information content (AvgIpc) is 1.71. The second kappa shape index (κ2) is 38.2. The molecule has 111 heavy (non-hydrogen) atoms. The van der Waals surface area contributed by atoms with Crippen LogP contribution < -0.4 is 21.1 Å². The highest BCUT2D eigenvalue weighted by atomic mass is 79.9. The number of para-hydroxylation sites is 1. The van der Waals surface area contributed by atoms with Crippen LogP contribution in [0.1, 0.15) is 48.5 Å². The van der Waals surface area contributed by atoms with Gasteiger partial charge in [0.05, 0.1) is 51.8 Å². The van der Waals surface area contributed by atoms with Crippen molar-refractivity contribution in [2.45, 2.75) is 90.5 Å². The maximum Gasteiger partial charge on any atom is 0.280 e. The first-order valence-electron chi connectivity index (χ1n) is 33.9. The summed E-state index contributed by atoms with van der Waals surface area (Å²) in [4.78, 5) is 56.2. The van der Waals surface area contributed by atoms with Gasteiger partial charge in [-0.1, -0.05) is 81.7 Å². The Labute approximate surface area is 638 Å². The molecule has 22 nitrogen and oxygen atoms in total. The molecule has 1 aromatic carbocycles. The van der Waals surface area contributed by atoms with E-state index in [0.29, 0.717) is 80.9 Å². The lowest BCUT2D eigenvalue weighted by Crippen LogP contribution is -2.22. The minimum absolute atomic E-state index is 0.133. The second-order valence-corrected chi connectivity index (χ2v) is 38.4. The number of rotatable bonds is 23. The second-order valence-electron chi connectivity index (χ2n) is 26.3. The first kappa shape index (κ1) is 81.9. The summed E-state index contributed by atoms with van der Waals surface area (Å²) in [6, 6.07) is 38.4. The maximum absolute atomic E-state index is 14.3. The van der Waals surface area contributed by atoms with E-state index >= 15 is 0 Å². The van der Waals surface area contributed by atoms with Gasteiger partial charge in [-0.05, 0) is 125 Å². The van der Waals surface area contributed by atoms with Crippen LogP contribution in [0.4, 0.5) is 77.0 Å². The fourth-order valence-electron chi connectivity index (χ4n) is 9.78. The van der Waals surface area contributed by atoms with E-state index in [0.717, 1.165) is 30.7 Å². The highest BCUT2D eigenvalue weighted by molar-refractivity contribution is 9.10. The number of nitrogens with two attached hydrogens (primary N) is 1. The van der Waals surface area contributed by atoms with Crippen molar-refractivity contribution in [2.24, 2.45) is 0 Å². The van der Waals surface area contributed by atoms with E-state index in [4.69, 9.17) is 19.9 Å². The summed E-state index contributed by atoms with van der Waals surface area (Å²) in [5.41, 5.74) is 6.53. The normalized spacial score (nSPS) is 11.4. The Morgan fingerprint density at radius 3 is 1.32 bits per heavy atom. The molecule has 13 heterocycles. The van der Waals surface area contributed by atoms with E-state index in [9.17, 15) is 48.3 Å². The molecular formula is C75H71BrF11N19O3Si2. The van der Waals surface area contributed by atoms with Crippen molar-refractivity contribution in [1.29, 1.82) is 0 Å². The van der Waals surface area contributed by atoms with Crippen LogP contribution in [0.25, 0.3) is 67.7 Å². The number of halogens is 12. The minimum Gasteiger partial charge on any atom is -0.438 e. The van der Waals surface area contributed by atoms with Gasteiger partial charge in [-0.2, -0.15) is 4.98 Å². The van der Waals surface area contributed by atoms with Gasteiger partial charge in [0.25, 0.3) is 25.7 Å². The topological polar surface area (TPSA) is 271 Å². The number of hydrogen-bond donors (Lipinski definition) is 4. The monoisotopic (exact) mass is 1630 g/mol. The molecule has 0 saturated heterocycles. The number of hydrogen-bond acceptors (Lipinski definition) is 19. The Kier molecular flexibility index (Phi) is 28.2. The highest BCUT2D eigenvalue weighted by Crippen LogP contribution is 2.35. The standard InChI is InChI=1S/C24H26F2N4O2Si.C23H25F3N6OSi.C17H11F3N6.C6H4BrF2N.C5H5FN2/c1-33(2,3)15-14-31-16-30-13-12-18-23(30)28-22(20-11-7-10-19(27-20)21(25)26)29-24(18)32-17-8-5-4-6-9-17;1-34(2,3)12-11-33-14-32-10-8-15-21(29-17-7-9-27-13-16(17)24)30-22(31-23(15)32)19-6-4-5-18(28-19)20(25)26;18-10-8-21-6-5-11(10)24-16-9-4-7-22-15(9)25-17(26-16)13-3-1-2-12(23-13)14(19)20;7-5-3-1-2-4(10-5)6(8)9;6-4-3-8-2-1-5(4)7/h4-13,21H,14-16H2,1-3H3;4-10,13,20H,11-12,14H2,1-3H3,(H,27,29,30,31);1-8,14H,(H2,21,22,24,25,26);1-3,6H;1-3H,(H2,7,8). The fourth-order valence-corrected chi connectivity index (χ4v) is 11.6. The first-order chi connectivity index (χ1) is 53.1. The summed E-state index contributed by atoms with van der Waals surface area (Å²) in [7, 11) is -2.44. The molecule has 0 unspecified atom stereocenters. The van der Waals surface area contributed by atoms with Crippen LogP contribution in [-0.4, -0.2) is 108 Å². The number of aromatic nitrogens is 16. The molecule has 0 aliphatic carbocycles. The van der Waals surface area contributed by atoms with Crippen LogP contribution in [0.3, 0.4) is 0 Å². The number of nitrogen functional groups attached to an aromatic ring is 1. The smallest absolute Gasteiger partial charge is 0.280 e. The summed E-state index contributed by atoms with van der Waals surface area (Å²) in [6.45, 7) is 15.6. The van der Waals surface area contributed by atoms with Crippen LogP contribution in [-0.2, 0) is 22.9 Å². The molecule has 0 spiro atoms. The Balaban J connectivity index is 0.000000159. The molecule has 5 N–H and O–H groups in total. The molecule has 0 aliphatic rings. The molecule has 0 aliphatic heterocycles. The van der Waals surface area contributed by atoms with Gasteiger partial charge in [-0.15, -0.1) is 0 Å². The molecule has 576 valence electrons. The van der Waals surface area contributed by atoms with Crippen molar-refractivity contribution in [1.82, 2.24) is 78.9 Å². The van der Waals surface area contributed by atoms with E-state index < -0.39 is 59.3 Å². The Hall–Kier alpha value is -11.6. The first-order valence-corrected chi connectivity index (χ1v) is 42.1. The summed E-state index contributed by atoms with van der Waals surface area (Å²) in [6.07, 6.45) is 2.30. The van der Waals surface area contributed by atoms with E-state index in [1.54, 1.807) is 47.3 Å². The van der Waals surface area contributed by atoms with E-state index in [1.165, 1.54) is 91.4 Å². The van der Waals surface area contributed by atoms with E-state index in [-0.39, 0.29) is 81.1 Å². The van der Waals surface area contributed by atoms with Crippen molar-refractivity contribution in [3.05, 3.63) is 240 Å². The van der Waals surface area contributed by atoms with Gasteiger partial charge in [0.15, 0.2) is 34.9 Å². The number of nitrogens with one attached hydrogen (secondary N) is 3. The lowest BCUT2D eigenvalue weighted by atomic mass is 10.2. The average molecular weight is 1630 g/mol. The van der Waals surface area contributed by atoms with Crippen LogP contribution >= 0.6 is 15.9 Å². The summed E-state index contributed by atoms with van der Waals surface area (Å²) < 4.78 is 165. The predicted octanol–water partition coefficient (Wildman–Crippen LogP) is 20.4. The number of ether oxygens (including phenoxy) is 3. The number of fused-ring (bicyclic) bond motifs is 3. The molecule has 13 aromatic heterocycles. The van der Waals surface area contributed by atoms with Crippen molar-refractivity contribution < 1.29 is 62.5 Å². The number of benzene rings is 1. The van der Waals surface area contributed by atoms with Gasteiger partial charge < -0.3 is 44.7 Å². The van der Waals surface area contributed by atoms with E-state index in [1.807, 2.05) is 47.2 Å². The molecule has 0 radical (unpaired) electrons. The number of aromatic amines is 1. The zero-order chi connectivity index (χ0) is 79.4. The highest BCUT2D eigenvalue weighted by Gasteiger charge is 2.23. The third kappa shape index (κ3) is 23.5. The molecule has 0 bridgehead atoms. The molecule has 0 saturated carbocycles. The van der Waals surface area contributed by atoms with Crippen molar-refractivity contribution in [3.63, 3.8) is 0 Å². The summed E-state index contributed by atoms with van der Waals surface area (Å²) >= 11 is 2.99. The molecule has 0 atom stereocenters. The number of anilines is 5. The number of H-pyrrole nitrogens is 1. The van der Waals surface area contributed by atoms with Crippen molar-refractivity contribution >= 4 is 93.9 Å². The lowest BCUT2D eigenvalue weighted by molar-refractivity contribution is 0.0898. The molecule has 14 aromatic rings. The fraction of sp³-hybridized carbons (Fsp3) is 0.213. The zero-order valence-electron chi connectivity index (χ0n) is 60.1. The number of alkyl halides is 8. The molecule has 36 heteroatoms. The van der Waals surface area contributed by atoms with Crippen LogP contribution in [0.15, 0.2) is 200 Å². The molecule has 0 amide bonds. The number of nitrogens with zero attached hydrogens (tertiary/aromatic N) is 15. The van der Waals surface area contributed by atoms with Gasteiger partial charge >= 0.3 is 0 Å². The van der Waals surface area contributed by atoms with Crippen LogP contribution in [0.2, 0.25) is 51.4 Å². The van der Waals surface area contributed by atoms with Gasteiger partial charge in [-0.25, -0.2) is 93.2 Å². The zero-order valence-corrected chi connectivity index (χ0v) is 63.7. The van der Waals surface area contributed by atoms with Gasteiger partial charge in [-0.3, -0.25) is 15.0 Å². The molecular weight excluding hydrogens is 1560 g/mol. The van der Waals surface area contributed by atoms with Crippen molar-refractivity contribution in [2.75, 3.05) is 29.6 Å². The third-order valence-corrected chi connectivity index (χ3v) is 19.4. The van der Waals surface area contributed by atoms with Crippen LogP contribution in [0, 0.1) is 17.5 Å². The predicted molar refractivity (Wildman–Crippen MR) is 409 cm³/mol. The number of pyridine rings is 7. The SMILES string of the molecule is C[Si](C)(C)CCOCn1ccc2c(Nc3ccncc3F)nc(-c3cccc(C(F)F)n3)nc21.C[Si](C)(C)CCOCn1ccc2c(Oc3ccccc3)nc(-c3cccc(C(F)F)n3)nc21.FC(F)c1cccc(Br)n1.Fc1cnccc1Nc1nc(-c2cccc(C(F)F)n2)nc2[nH]ccc12.Nc1ccncc1F. The van der Waals surface area contributed by atoms with Gasteiger partial charge in [0.1, 0.15) is 92.2 Å². The Morgan fingerprint density at radius 1 is 0.450 bits per heavy atom.